The number of hydrogen-bond acceptors (Lipinski definition) is 4. The van der Waals surface area contributed by atoms with Crippen molar-refractivity contribution in [2.24, 2.45) is 0 Å². The smallest absolute Gasteiger partial charge is 0.103 e. The fourth-order valence-corrected chi connectivity index (χ4v) is 3.04. The Kier molecular flexibility index (Phi) is 4.39. The van der Waals surface area contributed by atoms with Crippen LogP contribution in [0.5, 0.6) is 0 Å². The van der Waals surface area contributed by atoms with Crippen LogP contribution in [0.25, 0.3) is 0 Å². The van der Waals surface area contributed by atoms with Gasteiger partial charge in [-0.25, -0.2) is 4.98 Å². The van der Waals surface area contributed by atoms with Crippen molar-refractivity contribution in [1.29, 1.82) is 0 Å². The third-order valence-electron chi connectivity index (χ3n) is 2.13. The van der Waals surface area contributed by atoms with Crippen LogP contribution in [0.2, 0.25) is 0 Å². The average molecular weight is 250 g/mol. The summed E-state index contributed by atoms with van der Waals surface area (Å²) in [6, 6.07) is 8.63. The van der Waals surface area contributed by atoms with E-state index < -0.39 is 0 Å². The molecule has 0 aliphatic carbocycles. The predicted molar refractivity (Wildman–Crippen MR) is 70.9 cm³/mol. The van der Waals surface area contributed by atoms with Gasteiger partial charge in [0.05, 0.1) is 5.75 Å². The Labute approximate surface area is 104 Å². The van der Waals surface area contributed by atoms with E-state index in [0.29, 0.717) is 0 Å². The van der Waals surface area contributed by atoms with E-state index in [2.05, 4.69) is 34.6 Å². The maximum atomic E-state index is 4.28. The van der Waals surface area contributed by atoms with Gasteiger partial charge in [0.15, 0.2) is 0 Å². The number of nitrogens with zero attached hydrogens (tertiary/aromatic N) is 1. The molecule has 0 bridgehead atoms. The Morgan fingerprint density at radius 2 is 2.38 bits per heavy atom. The van der Waals surface area contributed by atoms with Crippen LogP contribution in [-0.4, -0.2) is 12.0 Å². The van der Waals surface area contributed by atoms with E-state index in [4.69, 9.17) is 0 Å². The van der Waals surface area contributed by atoms with Gasteiger partial charge in [-0.1, -0.05) is 12.1 Å². The zero-order valence-electron chi connectivity index (χ0n) is 9.14. The van der Waals surface area contributed by atoms with Gasteiger partial charge in [-0.2, -0.15) is 0 Å². The van der Waals surface area contributed by atoms with Crippen molar-refractivity contribution in [2.75, 3.05) is 7.05 Å². The second-order valence-corrected chi connectivity index (χ2v) is 5.42. The molecular formula is C12H14N2S2. The monoisotopic (exact) mass is 250 g/mol. The quantitative estimate of drug-likeness (QED) is 0.825. The highest BCUT2D eigenvalue weighted by Crippen LogP contribution is 2.24. The number of rotatable bonds is 5. The molecular weight excluding hydrogens is 236 g/mol. The molecule has 0 radical (unpaired) electrons. The van der Waals surface area contributed by atoms with Crippen molar-refractivity contribution < 1.29 is 0 Å². The van der Waals surface area contributed by atoms with Gasteiger partial charge in [0, 0.05) is 23.0 Å². The summed E-state index contributed by atoms with van der Waals surface area (Å²) in [6.45, 7) is 0.922. The standard InChI is InChI=1S/C12H14N2S2/c1-13-8-10-3-2-4-11(7-10)16-9-12-14-5-6-15-12/h2-7,13H,8-9H2,1H3. The fraction of sp³-hybridized carbons (Fsp3) is 0.250. The molecule has 2 aromatic rings. The largest absolute Gasteiger partial charge is 0.316 e. The van der Waals surface area contributed by atoms with Crippen LogP contribution in [0, 0.1) is 0 Å². The first kappa shape index (κ1) is 11.6. The van der Waals surface area contributed by atoms with E-state index in [9.17, 15) is 0 Å². The van der Waals surface area contributed by atoms with E-state index in [1.807, 2.05) is 30.4 Å². The molecule has 2 rings (SSSR count). The van der Waals surface area contributed by atoms with Gasteiger partial charge in [0.2, 0.25) is 0 Å². The second kappa shape index (κ2) is 6.03. The van der Waals surface area contributed by atoms with Crippen molar-refractivity contribution >= 4 is 23.1 Å². The van der Waals surface area contributed by atoms with Crippen LogP contribution < -0.4 is 5.32 Å². The third kappa shape index (κ3) is 3.33. The Balaban J connectivity index is 1.96. The van der Waals surface area contributed by atoms with Crippen LogP contribution in [0.3, 0.4) is 0 Å². The van der Waals surface area contributed by atoms with Crippen molar-refractivity contribution in [3.8, 4) is 0 Å². The lowest BCUT2D eigenvalue weighted by Gasteiger charge is -2.03. The average Bonchev–Trinajstić information content (AvgIpc) is 2.80. The zero-order valence-corrected chi connectivity index (χ0v) is 10.8. The van der Waals surface area contributed by atoms with Gasteiger partial charge in [0.25, 0.3) is 0 Å². The van der Waals surface area contributed by atoms with Gasteiger partial charge in [-0.05, 0) is 24.7 Å². The molecule has 1 aromatic carbocycles. The minimum Gasteiger partial charge on any atom is -0.316 e. The minimum atomic E-state index is 0.922. The summed E-state index contributed by atoms with van der Waals surface area (Å²) in [5.41, 5.74) is 1.33. The molecule has 2 nitrogen and oxygen atoms in total. The van der Waals surface area contributed by atoms with Crippen molar-refractivity contribution in [3.63, 3.8) is 0 Å². The van der Waals surface area contributed by atoms with Gasteiger partial charge < -0.3 is 5.32 Å². The number of benzene rings is 1. The third-order valence-corrected chi connectivity index (χ3v) is 4.09. The molecule has 0 unspecified atom stereocenters. The van der Waals surface area contributed by atoms with E-state index in [1.165, 1.54) is 15.5 Å². The summed E-state index contributed by atoms with van der Waals surface area (Å²) < 4.78 is 0. The first-order chi connectivity index (χ1) is 7.88. The SMILES string of the molecule is CNCc1cccc(SCc2nccs2)c1. The molecule has 1 aromatic heterocycles. The first-order valence-corrected chi connectivity index (χ1v) is 7.00. The van der Waals surface area contributed by atoms with E-state index >= 15 is 0 Å². The maximum Gasteiger partial charge on any atom is 0.103 e. The highest BCUT2D eigenvalue weighted by Gasteiger charge is 1.99. The fourth-order valence-electron chi connectivity index (χ4n) is 1.42. The maximum absolute atomic E-state index is 4.28. The Morgan fingerprint density at radius 3 is 3.12 bits per heavy atom. The molecule has 0 saturated carbocycles. The van der Waals surface area contributed by atoms with E-state index in [-0.39, 0.29) is 0 Å². The van der Waals surface area contributed by atoms with E-state index in [1.54, 1.807) is 11.3 Å². The van der Waals surface area contributed by atoms with Crippen molar-refractivity contribution in [3.05, 3.63) is 46.4 Å². The summed E-state index contributed by atoms with van der Waals surface area (Å²) in [5.74, 6) is 0.959. The highest BCUT2D eigenvalue weighted by atomic mass is 32.2. The lowest BCUT2D eigenvalue weighted by molar-refractivity contribution is 0.815. The zero-order chi connectivity index (χ0) is 11.2. The Hall–Kier alpha value is -0.840. The molecule has 0 fully saturated rings. The molecule has 0 atom stereocenters. The number of aromatic nitrogens is 1. The lowest BCUT2D eigenvalue weighted by Crippen LogP contribution is -2.04. The van der Waals surface area contributed by atoms with Crippen molar-refractivity contribution in [2.45, 2.75) is 17.2 Å². The Morgan fingerprint density at radius 1 is 1.44 bits per heavy atom. The normalized spacial score (nSPS) is 10.6. The molecule has 1 heterocycles. The second-order valence-electron chi connectivity index (χ2n) is 3.39. The van der Waals surface area contributed by atoms with Gasteiger partial charge in [-0.3, -0.25) is 0 Å². The number of hydrogen-bond donors (Lipinski definition) is 1. The van der Waals surface area contributed by atoms with Gasteiger partial charge in [-0.15, -0.1) is 23.1 Å². The van der Waals surface area contributed by atoms with E-state index in [0.717, 1.165) is 12.3 Å². The topological polar surface area (TPSA) is 24.9 Å². The van der Waals surface area contributed by atoms with Crippen LogP contribution >= 0.6 is 23.1 Å². The van der Waals surface area contributed by atoms with Crippen LogP contribution in [0.1, 0.15) is 10.6 Å². The molecule has 0 aliphatic heterocycles. The lowest BCUT2D eigenvalue weighted by atomic mass is 10.2. The minimum absolute atomic E-state index is 0.922. The molecule has 84 valence electrons. The molecule has 0 saturated heterocycles. The first-order valence-electron chi connectivity index (χ1n) is 5.13. The number of thioether (sulfide) groups is 1. The van der Waals surface area contributed by atoms with Crippen molar-refractivity contribution in [1.82, 2.24) is 10.3 Å². The molecule has 0 aliphatic rings. The van der Waals surface area contributed by atoms with Crippen LogP contribution in [0.4, 0.5) is 0 Å². The molecule has 0 amide bonds. The van der Waals surface area contributed by atoms with Crippen LogP contribution in [-0.2, 0) is 12.3 Å². The summed E-state index contributed by atoms with van der Waals surface area (Å²) in [5, 5.41) is 6.37. The molecule has 4 heteroatoms. The highest BCUT2D eigenvalue weighted by molar-refractivity contribution is 7.98. The summed E-state index contributed by atoms with van der Waals surface area (Å²) in [7, 11) is 1.97. The molecule has 1 N–H and O–H groups in total. The van der Waals surface area contributed by atoms with Gasteiger partial charge in [0.1, 0.15) is 5.01 Å². The summed E-state index contributed by atoms with van der Waals surface area (Å²) >= 11 is 3.55. The predicted octanol–water partition coefficient (Wildman–Crippen LogP) is 3.15. The Bertz CT molecular complexity index is 426. The molecule has 0 spiro atoms. The van der Waals surface area contributed by atoms with Crippen LogP contribution in [0.15, 0.2) is 40.7 Å². The summed E-state index contributed by atoms with van der Waals surface area (Å²) in [4.78, 5) is 5.58. The molecule has 16 heavy (non-hydrogen) atoms. The number of thiazole rings is 1. The summed E-state index contributed by atoms with van der Waals surface area (Å²) in [6.07, 6.45) is 1.86. The van der Waals surface area contributed by atoms with Gasteiger partial charge >= 0.3 is 0 Å². The number of nitrogens with one attached hydrogen (secondary N) is 1.